The van der Waals surface area contributed by atoms with Crippen molar-refractivity contribution in [2.24, 2.45) is 4.99 Å². The van der Waals surface area contributed by atoms with E-state index in [0.717, 1.165) is 55.4 Å². The van der Waals surface area contributed by atoms with Gasteiger partial charge >= 0.3 is 0 Å². The van der Waals surface area contributed by atoms with Crippen molar-refractivity contribution in [1.82, 2.24) is 10.6 Å². The van der Waals surface area contributed by atoms with Gasteiger partial charge in [0, 0.05) is 50.3 Å². The Balaban J connectivity index is 1.32. The molecular weight excluding hydrogens is 384 g/mol. The van der Waals surface area contributed by atoms with Crippen molar-refractivity contribution in [1.29, 1.82) is 0 Å². The summed E-state index contributed by atoms with van der Waals surface area (Å²) in [5, 5.41) is 10.5. The van der Waals surface area contributed by atoms with Crippen molar-refractivity contribution in [3.8, 4) is 11.5 Å². The first-order valence-corrected chi connectivity index (χ1v) is 11.2. The predicted octanol–water partition coefficient (Wildman–Crippen LogP) is 3.41. The molecule has 0 saturated carbocycles. The molecule has 0 aliphatic carbocycles. The minimum absolute atomic E-state index is 0.229. The summed E-state index contributed by atoms with van der Waals surface area (Å²) in [7, 11) is 3.54. The monoisotopic (exact) mass is 414 g/mol. The molecule has 2 aliphatic heterocycles. The molecule has 6 nitrogen and oxygen atoms in total. The summed E-state index contributed by atoms with van der Waals surface area (Å²) in [4.78, 5) is 6.88. The van der Waals surface area contributed by atoms with Gasteiger partial charge in [0.25, 0.3) is 0 Å². The number of ether oxygens (including phenoxy) is 2. The highest BCUT2D eigenvalue weighted by Crippen LogP contribution is 2.35. The lowest BCUT2D eigenvalue weighted by Crippen LogP contribution is -2.48. The average molecular weight is 415 g/mol. The highest BCUT2D eigenvalue weighted by Gasteiger charge is 2.23. The van der Waals surface area contributed by atoms with Crippen LogP contribution in [-0.4, -0.2) is 45.4 Å². The maximum atomic E-state index is 5.91. The number of rotatable bonds is 5. The molecule has 1 atom stereocenters. The summed E-state index contributed by atoms with van der Waals surface area (Å²) in [5.74, 6) is 2.70. The lowest BCUT2D eigenvalue weighted by atomic mass is 10.1. The van der Waals surface area contributed by atoms with Crippen LogP contribution in [0.2, 0.25) is 0 Å². The first-order valence-electron chi connectivity index (χ1n) is 10.3. The van der Waals surface area contributed by atoms with Gasteiger partial charge in [-0.05, 0) is 49.4 Å². The highest BCUT2D eigenvalue weighted by molar-refractivity contribution is 7.14. The quantitative estimate of drug-likeness (QED) is 0.580. The third-order valence-corrected chi connectivity index (χ3v) is 6.55. The summed E-state index contributed by atoms with van der Waals surface area (Å²) < 4.78 is 11.5. The Kier molecular flexibility index (Phi) is 6.13. The van der Waals surface area contributed by atoms with E-state index in [4.69, 9.17) is 9.47 Å². The van der Waals surface area contributed by atoms with Gasteiger partial charge in [-0.3, -0.25) is 4.99 Å². The minimum Gasteiger partial charge on any atom is -0.496 e. The van der Waals surface area contributed by atoms with Gasteiger partial charge in [0.05, 0.1) is 12.1 Å². The van der Waals surface area contributed by atoms with E-state index in [1.807, 2.05) is 18.4 Å². The Morgan fingerprint density at radius 1 is 1.34 bits per heavy atom. The number of piperidine rings is 1. The topological polar surface area (TPSA) is 58.1 Å². The molecule has 1 saturated heterocycles. The molecule has 7 heteroatoms. The van der Waals surface area contributed by atoms with Crippen LogP contribution in [0.1, 0.15) is 30.9 Å². The molecule has 0 spiro atoms. The average Bonchev–Trinajstić information content (AvgIpc) is 3.39. The molecule has 3 heterocycles. The fourth-order valence-electron chi connectivity index (χ4n) is 4.07. The Bertz CT molecular complexity index is 845. The zero-order valence-corrected chi connectivity index (χ0v) is 18.2. The van der Waals surface area contributed by atoms with E-state index in [2.05, 4.69) is 57.1 Å². The van der Waals surface area contributed by atoms with Gasteiger partial charge in [-0.15, -0.1) is 11.3 Å². The van der Waals surface area contributed by atoms with Gasteiger partial charge in [0.2, 0.25) is 0 Å². The Morgan fingerprint density at radius 3 is 2.86 bits per heavy atom. The van der Waals surface area contributed by atoms with Crippen molar-refractivity contribution in [3.05, 3.63) is 40.8 Å². The standard InChI is InChI=1S/C22H30N4O2S/c1-15-11-16-12-19(27-3)17(13-20(16)28-15)14-24-22(23-2)25-18-6-8-26(9-7-18)21-5-4-10-29-21/h4-5,10,12-13,15,18H,6-9,11,14H2,1-3H3,(H2,23,24,25). The maximum absolute atomic E-state index is 5.91. The van der Waals surface area contributed by atoms with Gasteiger partial charge in [0.1, 0.15) is 17.6 Å². The number of methoxy groups -OCH3 is 1. The second-order valence-electron chi connectivity index (χ2n) is 7.69. The van der Waals surface area contributed by atoms with Crippen LogP contribution in [0.15, 0.2) is 34.6 Å². The number of thiophene rings is 1. The molecule has 1 aromatic carbocycles. The zero-order chi connectivity index (χ0) is 20.2. The number of fused-ring (bicyclic) bond motifs is 1. The number of hydrogen-bond acceptors (Lipinski definition) is 5. The largest absolute Gasteiger partial charge is 0.496 e. The summed E-state index contributed by atoms with van der Waals surface area (Å²) in [6, 6.07) is 8.95. The molecule has 1 fully saturated rings. The van der Waals surface area contributed by atoms with Crippen LogP contribution in [0, 0.1) is 0 Å². The summed E-state index contributed by atoms with van der Waals surface area (Å²) in [5.41, 5.74) is 2.30. The van der Waals surface area contributed by atoms with E-state index in [0.29, 0.717) is 12.6 Å². The molecule has 4 rings (SSSR count). The van der Waals surface area contributed by atoms with E-state index >= 15 is 0 Å². The molecule has 2 N–H and O–H groups in total. The van der Waals surface area contributed by atoms with Gasteiger partial charge < -0.3 is 25.0 Å². The van der Waals surface area contributed by atoms with Crippen LogP contribution in [0.5, 0.6) is 11.5 Å². The van der Waals surface area contributed by atoms with E-state index in [9.17, 15) is 0 Å². The second kappa shape index (κ2) is 8.95. The van der Waals surface area contributed by atoms with Crippen molar-refractivity contribution >= 4 is 22.3 Å². The Morgan fingerprint density at radius 2 is 2.17 bits per heavy atom. The molecule has 29 heavy (non-hydrogen) atoms. The van der Waals surface area contributed by atoms with Gasteiger partial charge in [-0.25, -0.2) is 0 Å². The smallest absolute Gasteiger partial charge is 0.191 e. The number of hydrogen-bond donors (Lipinski definition) is 2. The van der Waals surface area contributed by atoms with E-state index in [1.54, 1.807) is 7.11 Å². The fraction of sp³-hybridized carbons (Fsp3) is 0.500. The third kappa shape index (κ3) is 4.61. The number of benzene rings is 1. The molecule has 0 bridgehead atoms. The molecule has 1 aromatic heterocycles. The van der Waals surface area contributed by atoms with Crippen molar-refractivity contribution in [2.75, 3.05) is 32.1 Å². The van der Waals surface area contributed by atoms with Crippen LogP contribution >= 0.6 is 11.3 Å². The van der Waals surface area contributed by atoms with Crippen LogP contribution in [0.25, 0.3) is 0 Å². The molecule has 0 radical (unpaired) electrons. The lowest BCUT2D eigenvalue weighted by molar-refractivity contribution is 0.254. The number of anilines is 1. The molecule has 2 aromatic rings. The fourth-order valence-corrected chi connectivity index (χ4v) is 4.86. The van der Waals surface area contributed by atoms with Gasteiger partial charge in [0.15, 0.2) is 5.96 Å². The second-order valence-corrected chi connectivity index (χ2v) is 8.61. The number of aliphatic imine (C=N–C) groups is 1. The van der Waals surface area contributed by atoms with Crippen molar-refractivity contribution in [3.63, 3.8) is 0 Å². The van der Waals surface area contributed by atoms with Crippen LogP contribution in [-0.2, 0) is 13.0 Å². The summed E-state index contributed by atoms with van der Waals surface area (Å²) >= 11 is 1.81. The molecule has 1 unspecified atom stereocenters. The van der Waals surface area contributed by atoms with E-state index < -0.39 is 0 Å². The van der Waals surface area contributed by atoms with Crippen molar-refractivity contribution in [2.45, 2.75) is 44.9 Å². The SMILES string of the molecule is CN=C(NCc1cc2c(cc1OC)CC(C)O2)NC1CCN(c2cccs2)CC1. The summed E-state index contributed by atoms with van der Waals surface area (Å²) in [6.07, 6.45) is 3.37. The van der Waals surface area contributed by atoms with Gasteiger partial charge in [-0.2, -0.15) is 0 Å². The maximum Gasteiger partial charge on any atom is 0.191 e. The number of nitrogens with one attached hydrogen (secondary N) is 2. The zero-order valence-electron chi connectivity index (χ0n) is 17.4. The Labute approximate surface area is 176 Å². The lowest BCUT2D eigenvalue weighted by Gasteiger charge is -2.33. The van der Waals surface area contributed by atoms with Crippen LogP contribution in [0.4, 0.5) is 5.00 Å². The van der Waals surface area contributed by atoms with Crippen LogP contribution < -0.4 is 25.0 Å². The molecule has 2 aliphatic rings. The van der Waals surface area contributed by atoms with Gasteiger partial charge in [-0.1, -0.05) is 0 Å². The van der Waals surface area contributed by atoms with Crippen molar-refractivity contribution < 1.29 is 9.47 Å². The predicted molar refractivity (Wildman–Crippen MR) is 120 cm³/mol. The minimum atomic E-state index is 0.229. The number of nitrogens with zero attached hydrogens (tertiary/aromatic N) is 2. The normalized spacial score (nSPS) is 19.6. The third-order valence-electron chi connectivity index (χ3n) is 5.62. The Hall–Kier alpha value is -2.41. The highest BCUT2D eigenvalue weighted by atomic mass is 32.1. The first-order chi connectivity index (χ1) is 14.2. The van der Waals surface area contributed by atoms with E-state index in [1.165, 1.54) is 10.6 Å². The molecular formula is C22H30N4O2S. The molecule has 0 amide bonds. The molecule has 156 valence electrons. The van der Waals surface area contributed by atoms with Crippen LogP contribution in [0.3, 0.4) is 0 Å². The van der Waals surface area contributed by atoms with E-state index in [-0.39, 0.29) is 6.10 Å². The first kappa shape index (κ1) is 19.9. The summed E-state index contributed by atoms with van der Waals surface area (Å²) in [6.45, 7) is 4.88. The number of guanidine groups is 1.